The quantitative estimate of drug-likeness (QED) is 0.867. The molecule has 0 saturated carbocycles. The second-order valence-corrected chi connectivity index (χ2v) is 8.24. The Balaban J connectivity index is 1.72. The van der Waals surface area contributed by atoms with Crippen molar-refractivity contribution in [3.63, 3.8) is 0 Å². The van der Waals surface area contributed by atoms with Crippen LogP contribution in [-0.4, -0.2) is 10.9 Å². The molecular weight excluding hydrogens is 311 g/mol. The molecule has 0 bridgehead atoms. The number of carbonyl (C=O) groups excluding carboxylic acids is 1. The van der Waals surface area contributed by atoms with Gasteiger partial charge >= 0.3 is 0 Å². The lowest BCUT2D eigenvalue weighted by Crippen LogP contribution is -2.26. The lowest BCUT2D eigenvalue weighted by atomic mass is 9.73. The number of carbonyl (C=O) groups is 1. The number of fused-ring (bicyclic) bond motifs is 1. The van der Waals surface area contributed by atoms with E-state index in [1.807, 2.05) is 0 Å². The van der Waals surface area contributed by atoms with Crippen molar-refractivity contribution in [2.45, 2.75) is 40.0 Å². The molecule has 1 heterocycles. The van der Waals surface area contributed by atoms with Gasteiger partial charge in [-0.25, -0.2) is 9.37 Å². The highest BCUT2D eigenvalue weighted by molar-refractivity contribution is 7.15. The van der Waals surface area contributed by atoms with Crippen LogP contribution >= 0.6 is 11.3 Å². The van der Waals surface area contributed by atoms with E-state index in [2.05, 4.69) is 31.1 Å². The second-order valence-electron chi connectivity index (χ2n) is 7.16. The minimum Gasteiger partial charge on any atom is -0.298 e. The number of aromatic nitrogens is 1. The number of halogens is 1. The van der Waals surface area contributed by atoms with Crippen LogP contribution in [0.5, 0.6) is 0 Å². The van der Waals surface area contributed by atoms with Gasteiger partial charge in [-0.3, -0.25) is 10.1 Å². The summed E-state index contributed by atoms with van der Waals surface area (Å²) in [6, 6.07) is 5.53. The Bertz CT molecular complexity index is 716. The van der Waals surface area contributed by atoms with Crippen molar-refractivity contribution in [2.75, 3.05) is 5.32 Å². The number of amides is 1. The van der Waals surface area contributed by atoms with E-state index in [1.165, 1.54) is 29.1 Å². The van der Waals surface area contributed by atoms with Crippen molar-refractivity contribution >= 4 is 22.4 Å². The van der Waals surface area contributed by atoms with E-state index >= 15 is 0 Å². The maximum absolute atomic E-state index is 12.9. The van der Waals surface area contributed by atoms with Gasteiger partial charge in [0.1, 0.15) is 5.82 Å². The standard InChI is InChI=1S/C18H21FN2OS/c1-18(2,3)12-6-9-14-15(10-12)23-17(20-14)21-16(22)11-4-7-13(19)8-5-11/h4-5,7-8,12H,6,9-10H2,1-3H3,(H,20,21,22)/t12-/m0/s1. The van der Waals surface area contributed by atoms with Gasteiger partial charge in [0.05, 0.1) is 5.69 Å². The molecule has 0 spiro atoms. The summed E-state index contributed by atoms with van der Waals surface area (Å²) in [5.74, 6) is 0.0547. The average Bonchev–Trinajstić information content (AvgIpc) is 2.88. The van der Waals surface area contributed by atoms with Crippen molar-refractivity contribution in [3.05, 3.63) is 46.2 Å². The van der Waals surface area contributed by atoms with Crippen LogP contribution < -0.4 is 5.32 Å². The Kier molecular flexibility index (Phi) is 4.23. The van der Waals surface area contributed by atoms with Crippen molar-refractivity contribution in [2.24, 2.45) is 11.3 Å². The van der Waals surface area contributed by atoms with Gasteiger partial charge < -0.3 is 0 Å². The molecule has 23 heavy (non-hydrogen) atoms. The Morgan fingerprint density at radius 2 is 2.00 bits per heavy atom. The molecule has 5 heteroatoms. The van der Waals surface area contributed by atoms with Crippen LogP contribution in [0.15, 0.2) is 24.3 Å². The molecule has 3 nitrogen and oxygen atoms in total. The van der Waals surface area contributed by atoms with Crippen LogP contribution in [0, 0.1) is 17.2 Å². The van der Waals surface area contributed by atoms with Gasteiger partial charge in [0.25, 0.3) is 5.91 Å². The number of hydrogen-bond donors (Lipinski definition) is 1. The fraction of sp³-hybridized carbons (Fsp3) is 0.444. The van der Waals surface area contributed by atoms with Crippen LogP contribution in [0.1, 0.15) is 48.1 Å². The number of nitrogens with one attached hydrogen (secondary N) is 1. The van der Waals surface area contributed by atoms with E-state index in [0.717, 1.165) is 25.0 Å². The van der Waals surface area contributed by atoms with Crippen LogP contribution in [0.2, 0.25) is 0 Å². The van der Waals surface area contributed by atoms with Gasteiger partial charge in [-0.05, 0) is 54.9 Å². The highest BCUT2D eigenvalue weighted by atomic mass is 32.1. The molecule has 1 aliphatic rings. The Labute approximate surface area is 140 Å². The number of rotatable bonds is 2. The van der Waals surface area contributed by atoms with E-state index in [0.29, 0.717) is 22.0 Å². The lowest BCUT2D eigenvalue weighted by Gasteiger charge is -2.33. The van der Waals surface area contributed by atoms with E-state index in [9.17, 15) is 9.18 Å². The SMILES string of the molecule is CC(C)(C)[C@H]1CCc2nc(NC(=O)c3ccc(F)cc3)sc2C1. The fourth-order valence-electron chi connectivity index (χ4n) is 2.94. The molecule has 1 aromatic carbocycles. The van der Waals surface area contributed by atoms with Gasteiger partial charge in [0.15, 0.2) is 5.13 Å². The number of thiazole rings is 1. The fourth-order valence-corrected chi connectivity index (χ4v) is 4.02. The molecule has 122 valence electrons. The molecule has 1 N–H and O–H groups in total. The summed E-state index contributed by atoms with van der Waals surface area (Å²) in [6.07, 6.45) is 3.15. The van der Waals surface area contributed by atoms with E-state index in [-0.39, 0.29) is 11.7 Å². The van der Waals surface area contributed by atoms with Crippen LogP contribution in [-0.2, 0) is 12.8 Å². The summed E-state index contributed by atoms with van der Waals surface area (Å²) in [7, 11) is 0. The predicted molar refractivity (Wildman–Crippen MR) is 91.4 cm³/mol. The van der Waals surface area contributed by atoms with Crippen molar-refractivity contribution < 1.29 is 9.18 Å². The summed E-state index contributed by atoms with van der Waals surface area (Å²) in [5, 5.41) is 3.47. The van der Waals surface area contributed by atoms with Crippen LogP contribution in [0.25, 0.3) is 0 Å². The zero-order chi connectivity index (χ0) is 16.6. The van der Waals surface area contributed by atoms with Crippen molar-refractivity contribution in [3.8, 4) is 0 Å². The average molecular weight is 332 g/mol. The topological polar surface area (TPSA) is 42.0 Å². The Morgan fingerprint density at radius 3 is 2.65 bits per heavy atom. The molecule has 1 aliphatic carbocycles. The molecule has 3 rings (SSSR count). The maximum Gasteiger partial charge on any atom is 0.257 e. The van der Waals surface area contributed by atoms with Gasteiger partial charge in [0, 0.05) is 10.4 Å². The Morgan fingerprint density at radius 1 is 1.30 bits per heavy atom. The third-order valence-electron chi connectivity index (χ3n) is 4.49. The molecule has 1 atom stereocenters. The second kappa shape index (κ2) is 6.04. The maximum atomic E-state index is 12.9. The lowest BCUT2D eigenvalue weighted by molar-refractivity contribution is 0.102. The summed E-state index contributed by atoms with van der Waals surface area (Å²) in [6.45, 7) is 6.84. The summed E-state index contributed by atoms with van der Waals surface area (Å²) < 4.78 is 12.9. The minimum atomic E-state index is -0.348. The van der Waals surface area contributed by atoms with Crippen molar-refractivity contribution in [1.82, 2.24) is 4.98 Å². The summed E-state index contributed by atoms with van der Waals surface area (Å²) in [4.78, 5) is 18.0. The third-order valence-corrected chi connectivity index (χ3v) is 5.53. The van der Waals surface area contributed by atoms with E-state index in [1.54, 1.807) is 11.3 Å². The third kappa shape index (κ3) is 3.61. The van der Waals surface area contributed by atoms with E-state index < -0.39 is 0 Å². The van der Waals surface area contributed by atoms with Gasteiger partial charge in [0.2, 0.25) is 0 Å². The highest BCUT2D eigenvalue weighted by Crippen LogP contribution is 2.40. The number of anilines is 1. The molecule has 2 aromatic rings. The van der Waals surface area contributed by atoms with Crippen molar-refractivity contribution in [1.29, 1.82) is 0 Å². The molecule has 0 saturated heterocycles. The largest absolute Gasteiger partial charge is 0.298 e. The molecule has 0 unspecified atom stereocenters. The first kappa shape index (κ1) is 16.1. The zero-order valence-electron chi connectivity index (χ0n) is 13.6. The smallest absolute Gasteiger partial charge is 0.257 e. The first-order valence-electron chi connectivity index (χ1n) is 7.88. The molecular formula is C18H21FN2OS. The highest BCUT2D eigenvalue weighted by Gasteiger charge is 2.30. The minimum absolute atomic E-state index is 0.247. The summed E-state index contributed by atoms with van der Waals surface area (Å²) >= 11 is 1.56. The van der Waals surface area contributed by atoms with Gasteiger partial charge in [-0.1, -0.05) is 20.8 Å². The predicted octanol–water partition coefficient (Wildman–Crippen LogP) is 4.69. The molecule has 0 aliphatic heterocycles. The summed E-state index contributed by atoms with van der Waals surface area (Å²) in [5.41, 5.74) is 1.84. The molecule has 0 radical (unpaired) electrons. The number of hydrogen-bond acceptors (Lipinski definition) is 3. The number of nitrogens with zero attached hydrogens (tertiary/aromatic N) is 1. The molecule has 1 amide bonds. The normalized spacial score (nSPS) is 17.7. The molecule has 0 fully saturated rings. The van der Waals surface area contributed by atoms with Gasteiger partial charge in [-0.15, -0.1) is 11.3 Å². The number of aryl methyl sites for hydroxylation is 1. The van der Waals surface area contributed by atoms with Crippen LogP contribution in [0.3, 0.4) is 0 Å². The first-order valence-corrected chi connectivity index (χ1v) is 8.70. The van der Waals surface area contributed by atoms with E-state index in [4.69, 9.17) is 0 Å². The van der Waals surface area contributed by atoms with Crippen LogP contribution in [0.4, 0.5) is 9.52 Å². The van der Waals surface area contributed by atoms with Gasteiger partial charge in [-0.2, -0.15) is 0 Å². The number of benzene rings is 1. The first-order chi connectivity index (χ1) is 10.8. The zero-order valence-corrected chi connectivity index (χ0v) is 14.5. The molecule has 1 aromatic heterocycles. The monoisotopic (exact) mass is 332 g/mol. The Hall–Kier alpha value is -1.75.